The van der Waals surface area contributed by atoms with Crippen LogP contribution in [0.2, 0.25) is 0 Å². The lowest BCUT2D eigenvalue weighted by molar-refractivity contribution is 0.180. The summed E-state index contributed by atoms with van der Waals surface area (Å²) < 4.78 is 0. The van der Waals surface area contributed by atoms with Crippen molar-refractivity contribution in [3.8, 4) is 0 Å². The van der Waals surface area contributed by atoms with Crippen LogP contribution in [0.1, 0.15) is 58.3 Å². The summed E-state index contributed by atoms with van der Waals surface area (Å²) in [5.41, 5.74) is 0. The van der Waals surface area contributed by atoms with Crippen LogP contribution in [-0.2, 0) is 0 Å². The zero-order valence-corrected chi connectivity index (χ0v) is 10.0. The molecule has 1 nitrogen and oxygen atoms in total. The molecule has 0 aromatic rings. The zero-order valence-electron chi connectivity index (χ0n) is 10.0. The molecule has 2 unspecified atom stereocenters. The van der Waals surface area contributed by atoms with Crippen molar-refractivity contribution in [2.75, 3.05) is 0 Å². The van der Waals surface area contributed by atoms with E-state index in [1.165, 1.54) is 51.4 Å². The Labute approximate surface area is 94.0 Å². The molecule has 3 saturated carbocycles. The fourth-order valence-corrected chi connectivity index (χ4v) is 3.75. The van der Waals surface area contributed by atoms with Gasteiger partial charge in [-0.25, -0.2) is 0 Å². The van der Waals surface area contributed by atoms with E-state index in [-0.39, 0.29) is 0 Å². The second kappa shape index (κ2) is 4.08. The van der Waals surface area contributed by atoms with Crippen molar-refractivity contribution >= 4 is 0 Å². The van der Waals surface area contributed by atoms with Gasteiger partial charge < -0.3 is 5.32 Å². The van der Waals surface area contributed by atoms with Crippen LogP contribution in [0.25, 0.3) is 0 Å². The fourth-order valence-electron chi connectivity index (χ4n) is 3.75. The van der Waals surface area contributed by atoms with Crippen molar-refractivity contribution in [3.63, 3.8) is 0 Å². The summed E-state index contributed by atoms with van der Waals surface area (Å²) in [5, 5.41) is 3.90. The molecule has 3 fully saturated rings. The summed E-state index contributed by atoms with van der Waals surface area (Å²) in [7, 11) is 0. The highest BCUT2D eigenvalue weighted by molar-refractivity contribution is 4.91. The first-order valence-electron chi connectivity index (χ1n) is 7.07. The molecular weight excluding hydrogens is 182 g/mol. The molecule has 86 valence electrons. The van der Waals surface area contributed by atoms with Crippen LogP contribution in [0.15, 0.2) is 0 Å². The van der Waals surface area contributed by atoms with Gasteiger partial charge in [0.25, 0.3) is 0 Å². The maximum Gasteiger partial charge on any atom is 0.00747 e. The predicted molar refractivity (Wildman–Crippen MR) is 63.8 cm³/mol. The third-order valence-corrected chi connectivity index (χ3v) is 4.85. The van der Waals surface area contributed by atoms with Gasteiger partial charge in [0, 0.05) is 12.1 Å². The number of rotatable bonds is 3. The molecule has 0 aliphatic heterocycles. The monoisotopic (exact) mass is 207 g/mol. The molecular formula is C14H25N. The summed E-state index contributed by atoms with van der Waals surface area (Å²) in [5.74, 6) is 3.22. The van der Waals surface area contributed by atoms with E-state index in [0.717, 1.165) is 29.8 Å². The van der Waals surface area contributed by atoms with Gasteiger partial charge in [-0.2, -0.15) is 0 Å². The molecule has 2 atom stereocenters. The normalized spacial score (nSPS) is 46.2. The lowest BCUT2D eigenvalue weighted by Gasteiger charge is -2.39. The van der Waals surface area contributed by atoms with Crippen LogP contribution in [0.3, 0.4) is 0 Å². The first-order chi connectivity index (χ1) is 7.31. The van der Waals surface area contributed by atoms with Crippen molar-refractivity contribution in [3.05, 3.63) is 0 Å². The molecule has 1 heteroatoms. The Bertz CT molecular complexity index is 215. The number of hydrogen-bond donors (Lipinski definition) is 1. The van der Waals surface area contributed by atoms with Crippen LogP contribution < -0.4 is 5.32 Å². The van der Waals surface area contributed by atoms with E-state index in [1.54, 1.807) is 0 Å². The molecule has 3 rings (SSSR count). The van der Waals surface area contributed by atoms with Gasteiger partial charge in [-0.1, -0.05) is 19.8 Å². The number of nitrogens with one attached hydrogen (secondary N) is 1. The molecule has 0 spiro atoms. The van der Waals surface area contributed by atoms with E-state index in [4.69, 9.17) is 0 Å². The first-order valence-corrected chi connectivity index (χ1v) is 7.07. The van der Waals surface area contributed by atoms with E-state index in [9.17, 15) is 0 Å². The van der Waals surface area contributed by atoms with Gasteiger partial charge in [-0.3, -0.25) is 0 Å². The average molecular weight is 207 g/mol. The minimum absolute atomic E-state index is 0.877. The SMILES string of the molecule is CC1CC(NC2CCCC(C3CC3)C2)C1. The van der Waals surface area contributed by atoms with Gasteiger partial charge in [-0.15, -0.1) is 0 Å². The van der Waals surface area contributed by atoms with Crippen LogP contribution >= 0.6 is 0 Å². The van der Waals surface area contributed by atoms with Crippen molar-refractivity contribution in [1.29, 1.82) is 0 Å². The molecule has 1 N–H and O–H groups in total. The molecule has 15 heavy (non-hydrogen) atoms. The largest absolute Gasteiger partial charge is 0.311 e. The second-order valence-electron chi connectivity index (χ2n) is 6.40. The molecule has 0 heterocycles. The molecule has 0 bridgehead atoms. The summed E-state index contributed by atoms with van der Waals surface area (Å²) in [6.45, 7) is 2.38. The summed E-state index contributed by atoms with van der Waals surface area (Å²) in [6.07, 6.45) is 11.9. The predicted octanol–water partition coefficient (Wildman–Crippen LogP) is 3.34. The van der Waals surface area contributed by atoms with Crippen LogP contribution in [-0.4, -0.2) is 12.1 Å². The maximum atomic E-state index is 3.90. The van der Waals surface area contributed by atoms with Gasteiger partial charge in [0.15, 0.2) is 0 Å². The number of hydrogen-bond acceptors (Lipinski definition) is 1. The molecule has 3 aliphatic carbocycles. The molecule has 0 aromatic carbocycles. The van der Waals surface area contributed by atoms with Crippen molar-refractivity contribution in [2.24, 2.45) is 17.8 Å². The van der Waals surface area contributed by atoms with Crippen molar-refractivity contribution in [2.45, 2.75) is 70.4 Å². The second-order valence-corrected chi connectivity index (χ2v) is 6.40. The summed E-state index contributed by atoms with van der Waals surface area (Å²) in [6, 6.07) is 1.75. The highest BCUT2D eigenvalue weighted by Gasteiger charge is 2.36. The topological polar surface area (TPSA) is 12.0 Å². The lowest BCUT2D eigenvalue weighted by Crippen LogP contribution is -2.47. The van der Waals surface area contributed by atoms with E-state index >= 15 is 0 Å². The molecule has 0 radical (unpaired) electrons. The Balaban J connectivity index is 1.44. The quantitative estimate of drug-likeness (QED) is 0.748. The minimum atomic E-state index is 0.877. The third-order valence-electron chi connectivity index (χ3n) is 4.85. The van der Waals surface area contributed by atoms with Crippen molar-refractivity contribution in [1.82, 2.24) is 5.32 Å². The van der Waals surface area contributed by atoms with Gasteiger partial charge in [0.2, 0.25) is 0 Å². The van der Waals surface area contributed by atoms with Crippen LogP contribution in [0.5, 0.6) is 0 Å². The highest BCUT2D eigenvalue weighted by atomic mass is 15.0. The van der Waals surface area contributed by atoms with Gasteiger partial charge >= 0.3 is 0 Å². The third kappa shape index (κ3) is 2.38. The first kappa shape index (κ1) is 10.1. The maximum absolute atomic E-state index is 3.90. The van der Waals surface area contributed by atoms with Gasteiger partial charge in [0.05, 0.1) is 0 Å². The van der Waals surface area contributed by atoms with E-state index in [0.29, 0.717) is 0 Å². The summed E-state index contributed by atoms with van der Waals surface area (Å²) >= 11 is 0. The zero-order chi connectivity index (χ0) is 10.3. The summed E-state index contributed by atoms with van der Waals surface area (Å²) in [4.78, 5) is 0. The molecule has 0 amide bonds. The molecule has 0 saturated heterocycles. The Morgan fingerprint density at radius 1 is 0.800 bits per heavy atom. The fraction of sp³-hybridized carbons (Fsp3) is 1.00. The van der Waals surface area contributed by atoms with Crippen LogP contribution in [0, 0.1) is 17.8 Å². The molecule has 0 aromatic heterocycles. The van der Waals surface area contributed by atoms with Gasteiger partial charge in [-0.05, 0) is 56.3 Å². The van der Waals surface area contributed by atoms with Crippen molar-refractivity contribution < 1.29 is 0 Å². The lowest BCUT2D eigenvalue weighted by atomic mass is 9.78. The highest BCUT2D eigenvalue weighted by Crippen LogP contribution is 2.44. The smallest absolute Gasteiger partial charge is 0.00747 e. The minimum Gasteiger partial charge on any atom is -0.311 e. The van der Waals surface area contributed by atoms with E-state index in [2.05, 4.69) is 12.2 Å². The Hall–Kier alpha value is -0.0400. The van der Waals surface area contributed by atoms with E-state index in [1.807, 2.05) is 0 Å². The Morgan fingerprint density at radius 2 is 1.60 bits per heavy atom. The molecule has 3 aliphatic rings. The standard InChI is InChI=1S/C14H25N/c1-10-7-14(8-10)15-13-4-2-3-12(9-13)11-5-6-11/h10-15H,2-9H2,1H3. The Morgan fingerprint density at radius 3 is 2.27 bits per heavy atom. The van der Waals surface area contributed by atoms with Gasteiger partial charge in [0.1, 0.15) is 0 Å². The Kier molecular flexibility index (Phi) is 2.76. The van der Waals surface area contributed by atoms with Crippen LogP contribution in [0.4, 0.5) is 0 Å². The average Bonchev–Trinajstić information content (AvgIpc) is 2.99. The van der Waals surface area contributed by atoms with E-state index < -0.39 is 0 Å².